The smallest absolute Gasteiger partial charge is 0.227 e. The first-order chi connectivity index (χ1) is 13.2. The second-order valence-corrected chi connectivity index (χ2v) is 6.88. The van der Waals surface area contributed by atoms with E-state index in [9.17, 15) is 10.4 Å². The Morgan fingerprint density at radius 3 is 2.85 bits per heavy atom. The zero-order valence-electron chi connectivity index (χ0n) is 14.8. The van der Waals surface area contributed by atoms with Gasteiger partial charge in [-0.05, 0) is 30.9 Å². The van der Waals surface area contributed by atoms with E-state index in [0.29, 0.717) is 43.0 Å². The molecule has 0 aliphatic heterocycles. The highest BCUT2D eigenvalue weighted by molar-refractivity contribution is 5.93. The molecular formula is C20H21N5O2. The van der Waals surface area contributed by atoms with E-state index in [1.54, 1.807) is 6.20 Å². The standard InChI is InChI=1S/C20H21N5O2/c21-11-14-10-15(26)6-7-16(14)25-17-8-9-23-20(18(17)19(22)24-25)27-12-13-4-2-1-3-5-13/h1-5,8-9,14-16,26H,6-7,10,12H2,(H2,22,24)/t14?,15-,16+/m1/s1. The topological polar surface area (TPSA) is 110 Å². The number of pyridine rings is 1. The van der Waals surface area contributed by atoms with E-state index in [2.05, 4.69) is 16.2 Å². The number of nitrogens with two attached hydrogens (primary N) is 1. The van der Waals surface area contributed by atoms with Gasteiger partial charge in [0.2, 0.25) is 5.88 Å². The SMILES string of the molecule is N#CC1C[C@H](O)CC[C@@H]1n1nc(N)c2c(OCc3ccccc3)nccc21. The van der Waals surface area contributed by atoms with Crippen LogP contribution in [0.15, 0.2) is 42.6 Å². The maximum absolute atomic E-state index is 9.88. The van der Waals surface area contributed by atoms with Crippen LogP contribution < -0.4 is 10.5 Å². The van der Waals surface area contributed by atoms with Gasteiger partial charge in [0.1, 0.15) is 12.0 Å². The zero-order valence-corrected chi connectivity index (χ0v) is 14.8. The molecule has 1 aliphatic rings. The molecule has 3 atom stereocenters. The molecule has 0 bridgehead atoms. The first-order valence-electron chi connectivity index (χ1n) is 9.04. The van der Waals surface area contributed by atoms with Crippen LogP contribution in [0.5, 0.6) is 5.88 Å². The maximum Gasteiger partial charge on any atom is 0.227 e. The number of aliphatic hydroxyl groups excluding tert-OH is 1. The number of aliphatic hydroxyl groups is 1. The number of nitriles is 1. The predicted octanol–water partition coefficient (Wildman–Crippen LogP) is 2.82. The number of ether oxygens (including phenoxy) is 1. The Labute approximate surface area is 157 Å². The summed E-state index contributed by atoms with van der Waals surface area (Å²) in [4.78, 5) is 4.33. The van der Waals surface area contributed by atoms with Gasteiger partial charge in [0.25, 0.3) is 0 Å². The predicted molar refractivity (Wildman–Crippen MR) is 101 cm³/mol. The van der Waals surface area contributed by atoms with Crippen molar-refractivity contribution in [1.82, 2.24) is 14.8 Å². The number of aromatic nitrogens is 3. The molecule has 0 spiro atoms. The van der Waals surface area contributed by atoms with Gasteiger partial charge in [-0.2, -0.15) is 10.4 Å². The normalized spacial score (nSPS) is 22.4. The molecule has 7 nitrogen and oxygen atoms in total. The van der Waals surface area contributed by atoms with Crippen molar-refractivity contribution in [2.45, 2.75) is 38.0 Å². The van der Waals surface area contributed by atoms with Crippen molar-refractivity contribution in [3.8, 4) is 11.9 Å². The second-order valence-electron chi connectivity index (χ2n) is 6.88. The number of fused-ring (bicyclic) bond motifs is 1. The van der Waals surface area contributed by atoms with Crippen LogP contribution >= 0.6 is 0 Å². The van der Waals surface area contributed by atoms with Crippen LogP contribution in [0.4, 0.5) is 5.82 Å². The lowest BCUT2D eigenvalue weighted by molar-refractivity contribution is 0.0876. The molecule has 1 unspecified atom stereocenters. The third kappa shape index (κ3) is 3.32. The van der Waals surface area contributed by atoms with Crippen molar-refractivity contribution in [3.05, 3.63) is 48.2 Å². The van der Waals surface area contributed by atoms with Gasteiger partial charge >= 0.3 is 0 Å². The molecule has 27 heavy (non-hydrogen) atoms. The fourth-order valence-electron chi connectivity index (χ4n) is 3.74. The molecule has 138 valence electrons. The molecule has 4 rings (SSSR count). The summed E-state index contributed by atoms with van der Waals surface area (Å²) in [5, 5.41) is 24.6. The van der Waals surface area contributed by atoms with Crippen molar-refractivity contribution in [3.63, 3.8) is 0 Å². The summed E-state index contributed by atoms with van der Waals surface area (Å²) in [5.74, 6) is 0.464. The first-order valence-corrected chi connectivity index (χ1v) is 9.04. The third-order valence-electron chi connectivity index (χ3n) is 5.10. The highest BCUT2D eigenvalue weighted by Gasteiger charge is 2.33. The summed E-state index contributed by atoms with van der Waals surface area (Å²) in [6.07, 6.45) is 3.01. The minimum atomic E-state index is -0.434. The van der Waals surface area contributed by atoms with E-state index in [1.807, 2.05) is 41.1 Å². The van der Waals surface area contributed by atoms with Crippen molar-refractivity contribution >= 4 is 16.7 Å². The van der Waals surface area contributed by atoms with Gasteiger partial charge in [0.05, 0.1) is 29.6 Å². The molecule has 2 aromatic heterocycles. The Bertz CT molecular complexity index is 979. The highest BCUT2D eigenvalue weighted by atomic mass is 16.5. The van der Waals surface area contributed by atoms with E-state index in [1.165, 1.54) is 0 Å². The van der Waals surface area contributed by atoms with Gasteiger partial charge in [-0.1, -0.05) is 30.3 Å². The monoisotopic (exact) mass is 363 g/mol. The van der Waals surface area contributed by atoms with Crippen LogP contribution in [0.25, 0.3) is 10.9 Å². The number of benzene rings is 1. The number of rotatable bonds is 4. The van der Waals surface area contributed by atoms with E-state index in [4.69, 9.17) is 10.5 Å². The summed E-state index contributed by atoms with van der Waals surface area (Å²) in [7, 11) is 0. The number of hydrogen-bond donors (Lipinski definition) is 2. The van der Waals surface area contributed by atoms with Crippen molar-refractivity contribution in [2.75, 3.05) is 5.73 Å². The van der Waals surface area contributed by atoms with E-state index in [-0.39, 0.29) is 12.0 Å². The Morgan fingerprint density at radius 1 is 1.26 bits per heavy atom. The molecule has 1 saturated carbocycles. The van der Waals surface area contributed by atoms with Crippen LogP contribution in [0.3, 0.4) is 0 Å². The molecule has 1 aliphatic carbocycles. The van der Waals surface area contributed by atoms with Crippen LogP contribution in [-0.4, -0.2) is 26.0 Å². The second kappa shape index (κ2) is 7.25. The molecule has 2 heterocycles. The largest absolute Gasteiger partial charge is 0.472 e. The van der Waals surface area contributed by atoms with Crippen LogP contribution in [-0.2, 0) is 6.61 Å². The summed E-state index contributed by atoms with van der Waals surface area (Å²) in [6.45, 7) is 0.383. The molecule has 0 saturated heterocycles. The number of nitrogens with zero attached hydrogens (tertiary/aromatic N) is 4. The van der Waals surface area contributed by atoms with Gasteiger partial charge in [0, 0.05) is 6.20 Å². The average Bonchev–Trinajstić information content (AvgIpc) is 3.04. The van der Waals surface area contributed by atoms with Gasteiger partial charge < -0.3 is 15.6 Å². The fourth-order valence-corrected chi connectivity index (χ4v) is 3.74. The lowest BCUT2D eigenvalue weighted by Crippen LogP contribution is -2.29. The molecule has 0 radical (unpaired) electrons. The van der Waals surface area contributed by atoms with Crippen LogP contribution in [0, 0.1) is 17.2 Å². The maximum atomic E-state index is 9.88. The Morgan fingerprint density at radius 2 is 2.07 bits per heavy atom. The molecule has 1 aromatic carbocycles. The molecule has 1 fully saturated rings. The summed E-state index contributed by atoms with van der Waals surface area (Å²) < 4.78 is 7.71. The van der Waals surface area contributed by atoms with Gasteiger partial charge in [0.15, 0.2) is 5.82 Å². The van der Waals surface area contributed by atoms with Gasteiger partial charge in [-0.25, -0.2) is 4.98 Å². The summed E-state index contributed by atoms with van der Waals surface area (Å²) in [6, 6.07) is 13.9. The van der Waals surface area contributed by atoms with E-state index in [0.717, 1.165) is 11.1 Å². The quantitative estimate of drug-likeness (QED) is 0.737. The number of hydrogen-bond acceptors (Lipinski definition) is 6. The lowest BCUT2D eigenvalue weighted by atomic mass is 9.84. The first kappa shape index (κ1) is 17.3. The summed E-state index contributed by atoms with van der Waals surface area (Å²) in [5.41, 5.74) is 8.02. The van der Waals surface area contributed by atoms with Crippen LogP contribution in [0.1, 0.15) is 30.9 Å². The molecule has 7 heteroatoms. The average molecular weight is 363 g/mol. The number of nitrogen functional groups attached to an aromatic ring is 1. The fraction of sp³-hybridized carbons (Fsp3) is 0.350. The van der Waals surface area contributed by atoms with Crippen molar-refractivity contribution in [2.24, 2.45) is 5.92 Å². The van der Waals surface area contributed by atoms with Crippen molar-refractivity contribution in [1.29, 1.82) is 5.26 Å². The van der Waals surface area contributed by atoms with E-state index >= 15 is 0 Å². The Kier molecular flexibility index (Phi) is 4.65. The van der Waals surface area contributed by atoms with E-state index < -0.39 is 6.10 Å². The Balaban J connectivity index is 1.68. The van der Waals surface area contributed by atoms with Gasteiger partial charge in [-0.3, -0.25) is 4.68 Å². The molecule has 3 N–H and O–H groups in total. The number of anilines is 1. The lowest BCUT2D eigenvalue weighted by Gasteiger charge is -2.30. The molecule has 3 aromatic rings. The van der Waals surface area contributed by atoms with Gasteiger partial charge in [-0.15, -0.1) is 0 Å². The zero-order chi connectivity index (χ0) is 18.8. The Hall–Kier alpha value is -3.11. The third-order valence-corrected chi connectivity index (χ3v) is 5.10. The van der Waals surface area contributed by atoms with Crippen molar-refractivity contribution < 1.29 is 9.84 Å². The minimum absolute atomic E-state index is 0.123. The summed E-state index contributed by atoms with van der Waals surface area (Å²) >= 11 is 0. The molecule has 0 amide bonds. The highest BCUT2D eigenvalue weighted by Crippen LogP contribution is 2.38. The minimum Gasteiger partial charge on any atom is -0.472 e. The molecular weight excluding hydrogens is 342 g/mol. The van der Waals surface area contributed by atoms with Crippen LogP contribution in [0.2, 0.25) is 0 Å².